The van der Waals surface area contributed by atoms with E-state index in [1.807, 2.05) is 6.07 Å². The third-order valence-corrected chi connectivity index (χ3v) is 3.77. The first-order valence-corrected chi connectivity index (χ1v) is 6.34. The molecule has 0 bridgehead atoms. The number of nitrogens with two attached hydrogens (primary N) is 1. The van der Waals surface area contributed by atoms with Crippen molar-refractivity contribution < 1.29 is 20.1 Å². The second-order valence-corrected chi connectivity index (χ2v) is 4.92. The molecule has 8 heteroatoms. The molecule has 1 saturated heterocycles. The fraction of sp³-hybridized carbons (Fsp3) is 0.385. The minimum atomic E-state index is -1.82. The molecule has 4 unspecified atom stereocenters. The van der Waals surface area contributed by atoms with Crippen LogP contribution in [0.15, 0.2) is 24.4 Å². The minimum absolute atomic E-state index is 0.245. The maximum atomic E-state index is 10.2. The Morgan fingerprint density at radius 2 is 2.19 bits per heavy atom. The zero-order valence-corrected chi connectivity index (χ0v) is 10.9. The van der Waals surface area contributed by atoms with Gasteiger partial charge in [-0.05, 0) is 18.2 Å². The minimum Gasteiger partial charge on any atom is -0.397 e. The number of rotatable bonds is 2. The van der Waals surface area contributed by atoms with Crippen molar-refractivity contribution in [2.75, 3.05) is 12.3 Å². The van der Waals surface area contributed by atoms with Crippen LogP contribution in [0.2, 0.25) is 0 Å². The van der Waals surface area contributed by atoms with Crippen molar-refractivity contribution in [2.45, 2.75) is 23.9 Å². The summed E-state index contributed by atoms with van der Waals surface area (Å²) >= 11 is 0. The van der Waals surface area contributed by atoms with E-state index < -0.39 is 30.5 Å². The average Bonchev–Trinajstić information content (AvgIpc) is 3.03. The van der Waals surface area contributed by atoms with E-state index in [0.29, 0.717) is 11.2 Å². The predicted octanol–water partition coefficient (Wildman–Crippen LogP) is -1.25. The molecule has 21 heavy (non-hydrogen) atoms. The number of nitrogens with zero attached hydrogens (tertiary/aromatic N) is 3. The highest BCUT2D eigenvalue weighted by molar-refractivity contribution is 5.69. The van der Waals surface area contributed by atoms with Gasteiger partial charge in [-0.1, -0.05) is 0 Å². The van der Waals surface area contributed by atoms with Crippen LogP contribution in [0.5, 0.6) is 0 Å². The molecule has 110 valence electrons. The maximum absolute atomic E-state index is 10.2. The van der Waals surface area contributed by atoms with Crippen LogP contribution in [0.4, 0.5) is 5.69 Å². The number of anilines is 1. The van der Waals surface area contributed by atoms with Gasteiger partial charge in [-0.25, -0.2) is 4.52 Å². The van der Waals surface area contributed by atoms with Crippen LogP contribution in [-0.4, -0.2) is 49.9 Å². The molecule has 2 aromatic heterocycles. The van der Waals surface area contributed by atoms with E-state index >= 15 is 0 Å². The summed E-state index contributed by atoms with van der Waals surface area (Å²) in [5, 5.41) is 42.9. The lowest BCUT2D eigenvalue weighted by molar-refractivity contribution is -0.0642. The Balaban J connectivity index is 2.20. The van der Waals surface area contributed by atoms with E-state index in [4.69, 9.17) is 10.5 Å². The first-order chi connectivity index (χ1) is 10.0. The van der Waals surface area contributed by atoms with Gasteiger partial charge in [0.2, 0.25) is 5.60 Å². The Labute approximate surface area is 119 Å². The molecule has 1 aliphatic heterocycles. The van der Waals surface area contributed by atoms with Gasteiger partial charge in [0, 0.05) is 6.20 Å². The summed E-state index contributed by atoms with van der Waals surface area (Å²) in [4.78, 5) is 0. The molecule has 5 N–H and O–H groups in total. The van der Waals surface area contributed by atoms with Gasteiger partial charge in [0.25, 0.3) is 0 Å². The molecular formula is C13H14N4O4. The Morgan fingerprint density at radius 3 is 2.81 bits per heavy atom. The number of hydrogen-bond acceptors (Lipinski definition) is 7. The van der Waals surface area contributed by atoms with Crippen LogP contribution in [0.1, 0.15) is 5.69 Å². The van der Waals surface area contributed by atoms with Gasteiger partial charge in [0.1, 0.15) is 24.4 Å². The van der Waals surface area contributed by atoms with Crippen molar-refractivity contribution >= 4 is 11.2 Å². The van der Waals surface area contributed by atoms with Crippen LogP contribution in [0.25, 0.3) is 5.52 Å². The number of nitrogen functional groups attached to an aromatic ring is 1. The van der Waals surface area contributed by atoms with Gasteiger partial charge in [0.05, 0.1) is 23.5 Å². The van der Waals surface area contributed by atoms with Crippen LogP contribution in [0.3, 0.4) is 0 Å². The highest BCUT2D eigenvalue weighted by Gasteiger charge is 2.57. The largest absolute Gasteiger partial charge is 0.397 e. The molecule has 4 atom stereocenters. The van der Waals surface area contributed by atoms with E-state index in [-0.39, 0.29) is 5.69 Å². The summed E-state index contributed by atoms with van der Waals surface area (Å²) in [6, 6.07) is 6.70. The molecular weight excluding hydrogens is 276 g/mol. The maximum Gasteiger partial charge on any atom is 0.225 e. The zero-order valence-electron chi connectivity index (χ0n) is 10.9. The average molecular weight is 290 g/mol. The van der Waals surface area contributed by atoms with Crippen molar-refractivity contribution in [3.05, 3.63) is 30.1 Å². The van der Waals surface area contributed by atoms with E-state index in [2.05, 4.69) is 5.10 Å². The normalized spacial score (nSPS) is 32.4. The lowest BCUT2D eigenvalue weighted by atomic mass is 9.92. The van der Waals surface area contributed by atoms with E-state index in [9.17, 15) is 20.6 Å². The number of aliphatic hydroxyl groups is 3. The number of aromatic nitrogens is 2. The van der Waals surface area contributed by atoms with Crippen molar-refractivity contribution in [1.29, 1.82) is 5.26 Å². The second-order valence-electron chi connectivity index (χ2n) is 4.92. The molecule has 3 rings (SSSR count). The number of nitriles is 1. The molecule has 3 heterocycles. The molecule has 0 saturated carbocycles. The Morgan fingerprint density at radius 1 is 1.43 bits per heavy atom. The fourth-order valence-corrected chi connectivity index (χ4v) is 2.65. The Kier molecular flexibility index (Phi) is 3.07. The van der Waals surface area contributed by atoms with E-state index in [1.165, 1.54) is 10.7 Å². The number of hydrogen-bond donors (Lipinski definition) is 4. The highest BCUT2D eigenvalue weighted by Crippen LogP contribution is 2.40. The topological polar surface area (TPSA) is 137 Å². The number of ether oxygens (including phenoxy) is 1. The molecule has 0 aromatic carbocycles. The van der Waals surface area contributed by atoms with Gasteiger partial charge < -0.3 is 25.8 Å². The molecule has 1 fully saturated rings. The van der Waals surface area contributed by atoms with Crippen molar-refractivity contribution in [2.24, 2.45) is 0 Å². The van der Waals surface area contributed by atoms with E-state index in [1.54, 1.807) is 18.2 Å². The molecule has 0 spiro atoms. The fourth-order valence-electron chi connectivity index (χ4n) is 2.65. The molecule has 0 amide bonds. The van der Waals surface area contributed by atoms with Crippen LogP contribution >= 0.6 is 0 Å². The molecule has 8 nitrogen and oxygen atoms in total. The smallest absolute Gasteiger partial charge is 0.225 e. The Bertz CT molecular complexity index is 725. The van der Waals surface area contributed by atoms with E-state index in [0.717, 1.165) is 0 Å². The summed E-state index contributed by atoms with van der Waals surface area (Å²) < 4.78 is 6.83. The summed E-state index contributed by atoms with van der Waals surface area (Å²) in [5.74, 6) is 0. The summed E-state index contributed by atoms with van der Waals surface area (Å²) in [6.45, 7) is -0.513. The molecule has 1 aliphatic rings. The standard InChI is InChI=1S/C13H14N4O4/c14-6-13(12(20)11(19)9(5-18)21-13)10-2-1-8-7(15)3-4-16-17(8)10/h1-4,9,11-12,18-20H,5,15H2. The van der Waals surface area contributed by atoms with Crippen LogP contribution < -0.4 is 5.73 Å². The lowest BCUT2D eigenvalue weighted by Gasteiger charge is -2.24. The van der Waals surface area contributed by atoms with Crippen LogP contribution in [0, 0.1) is 11.3 Å². The van der Waals surface area contributed by atoms with Crippen LogP contribution in [-0.2, 0) is 10.3 Å². The van der Waals surface area contributed by atoms with Crippen molar-refractivity contribution in [3.8, 4) is 6.07 Å². The SMILES string of the molecule is N#CC1(c2ccc3c(N)ccnn23)OC(CO)C(O)C1O. The second kappa shape index (κ2) is 4.68. The molecule has 0 radical (unpaired) electrons. The quantitative estimate of drug-likeness (QED) is 0.542. The van der Waals surface area contributed by atoms with Gasteiger partial charge in [-0.2, -0.15) is 10.4 Å². The Hall–Kier alpha value is -2.18. The third-order valence-electron chi connectivity index (χ3n) is 3.77. The van der Waals surface area contributed by atoms with Crippen molar-refractivity contribution in [1.82, 2.24) is 9.61 Å². The third kappa shape index (κ3) is 1.73. The first kappa shape index (κ1) is 13.8. The number of fused-ring (bicyclic) bond motifs is 1. The number of aliphatic hydroxyl groups excluding tert-OH is 3. The zero-order chi connectivity index (χ0) is 15.2. The van der Waals surface area contributed by atoms with Gasteiger partial charge in [-0.15, -0.1) is 0 Å². The van der Waals surface area contributed by atoms with Crippen molar-refractivity contribution in [3.63, 3.8) is 0 Å². The monoisotopic (exact) mass is 290 g/mol. The lowest BCUT2D eigenvalue weighted by Crippen LogP contribution is -2.40. The molecule has 0 aliphatic carbocycles. The predicted molar refractivity (Wildman–Crippen MR) is 70.9 cm³/mol. The highest BCUT2D eigenvalue weighted by atomic mass is 16.6. The van der Waals surface area contributed by atoms with Gasteiger partial charge in [-0.3, -0.25) is 0 Å². The van der Waals surface area contributed by atoms with Gasteiger partial charge >= 0.3 is 0 Å². The molecule has 2 aromatic rings. The summed E-state index contributed by atoms with van der Waals surface area (Å²) in [6.07, 6.45) is -2.48. The first-order valence-electron chi connectivity index (χ1n) is 6.34. The van der Waals surface area contributed by atoms with Gasteiger partial charge in [0.15, 0.2) is 0 Å². The summed E-state index contributed by atoms with van der Waals surface area (Å²) in [5.41, 5.74) is 5.27. The summed E-state index contributed by atoms with van der Waals surface area (Å²) in [7, 11) is 0.